The molecule has 0 radical (unpaired) electrons. The predicted octanol–water partition coefficient (Wildman–Crippen LogP) is 5.63. The Kier molecular flexibility index (Phi) is 5.14. The lowest BCUT2D eigenvalue weighted by molar-refractivity contribution is 0.414. The molecule has 1 unspecified atom stereocenters. The Labute approximate surface area is 131 Å². The van der Waals surface area contributed by atoms with E-state index in [2.05, 4.69) is 15.9 Å². The van der Waals surface area contributed by atoms with Crippen molar-refractivity contribution in [1.82, 2.24) is 0 Å². The SMILES string of the molecule is COc1cccc(CC(Cl)c2cc(Br)ccc2Cl)c1. The van der Waals surface area contributed by atoms with Gasteiger partial charge >= 0.3 is 0 Å². The van der Waals surface area contributed by atoms with Crippen LogP contribution < -0.4 is 4.74 Å². The van der Waals surface area contributed by atoms with Gasteiger partial charge in [0.15, 0.2) is 0 Å². The number of hydrogen-bond donors (Lipinski definition) is 0. The molecule has 0 aromatic heterocycles. The molecule has 1 nitrogen and oxygen atoms in total. The standard InChI is InChI=1S/C15H13BrCl2O/c1-19-12-4-2-3-10(7-12)8-15(18)13-9-11(16)5-6-14(13)17/h2-7,9,15H,8H2,1H3. The summed E-state index contributed by atoms with van der Waals surface area (Å²) in [6, 6.07) is 13.6. The number of methoxy groups -OCH3 is 1. The van der Waals surface area contributed by atoms with E-state index in [1.165, 1.54) is 0 Å². The van der Waals surface area contributed by atoms with Gasteiger partial charge in [0, 0.05) is 9.50 Å². The van der Waals surface area contributed by atoms with E-state index in [1.807, 2.05) is 42.5 Å². The lowest BCUT2D eigenvalue weighted by Crippen LogP contribution is -1.97. The van der Waals surface area contributed by atoms with Gasteiger partial charge in [0.1, 0.15) is 5.75 Å². The van der Waals surface area contributed by atoms with Crippen molar-refractivity contribution in [3.63, 3.8) is 0 Å². The van der Waals surface area contributed by atoms with E-state index in [4.69, 9.17) is 27.9 Å². The molecule has 19 heavy (non-hydrogen) atoms. The number of rotatable bonds is 4. The average molecular weight is 360 g/mol. The Balaban J connectivity index is 2.20. The molecule has 0 amide bonds. The van der Waals surface area contributed by atoms with Gasteiger partial charge in [-0.2, -0.15) is 0 Å². The molecule has 0 N–H and O–H groups in total. The second-order valence-corrected chi connectivity index (χ2v) is 6.04. The van der Waals surface area contributed by atoms with E-state index in [0.29, 0.717) is 11.4 Å². The quantitative estimate of drug-likeness (QED) is 0.642. The molecule has 0 heterocycles. The smallest absolute Gasteiger partial charge is 0.119 e. The second-order valence-electron chi connectivity index (χ2n) is 4.19. The van der Waals surface area contributed by atoms with E-state index >= 15 is 0 Å². The van der Waals surface area contributed by atoms with Crippen LogP contribution in [-0.2, 0) is 6.42 Å². The van der Waals surface area contributed by atoms with E-state index in [1.54, 1.807) is 7.11 Å². The van der Waals surface area contributed by atoms with Crippen LogP contribution in [0, 0.1) is 0 Å². The van der Waals surface area contributed by atoms with Crippen molar-refractivity contribution in [2.75, 3.05) is 7.11 Å². The molecular formula is C15H13BrCl2O. The molecule has 0 aliphatic heterocycles. The van der Waals surface area contributed by atoms with Crippen molar-refractivity contribution >= 4 is 39.1 Å². The minimum atomic E-state index is -0.169. The van der Waals surface area contributed by atoms with Crippen LogP contribution >= 0.6 is 39.1 Å². The molecular weight excluding hydrogens is 347 g/mol. The van der Waals surface area contributed by atoms with Gasteiger partial charge in [-0.05, 0) is 47.9 Å². The maximum atomic E-state index is 6.47. The summed E-state index contributed by atoms with van der Waals surface area (Å²) in [5.41, 5.74) is 2.05. The highest BCUT2D eigenvalue weighted by Crippen LogP contribution is 2.33. The molecule has 4 heteroatoms. The number of ether oxygens (including phenoxy) is 1. The van der Waals surface area contributed by atoms with Crippen molar-refractivity contribution in [1.29, 1.82) is 0 Å². The highest BCUT2D eigenvalue weighted by Gasteiger charge is 2.13. The highest BCUT2D eigenvalue weighted by molar-refractivity contribution is 9.10. The average Bonchev–Trinajstić information content (AvgIpc) is 2.41. The van der Waals surface area contributed by atoms with Crippen molar-refractivity contribution < 1.29 is 4.74 Å². The number of benzene rings is 2. The first-order valence-electron chi connectivity index (χ1n) is 5.82. The van der Waals surface area contributed by atoms with Crippen LogP contribution in [0.1, 0.15) is 16.5 Å². The lowest BCUT2D eigenvalue weighted by atomic mass is 10.0. The summed E-state index contributed by atoms with van der Waals surface area (Å²) >= 11 is 16.1. The van der Waals surface area contributed by atoms with Crippen LogP contribution in [0.25, 0.3) is 0 Å². The van der Waals surface area contributed by atoms with Crippen LogP contribution in [0.5, 0.6) is 5.75 Å². The summed E-state index contributed by atoms with van der Waals surface area (Å²) < 4.78 is 6.18. The minimum Gasteiger partial charge on any atom is -0.497 e. The predicted molar refractivity (Wildman–Crippen MR) is 84.4 cm³/mol. The summed E-state index contributed by atoms with van der Waals surface area (Å²) in [6.45, 7) is 0. The molecule has 0 saturated carbocycles. The largest absolute Gasteiger partial charge is 0.497 e. The fourth-order valence-electron chi connectivity index (χ4n) is 1.87. The van der Waals surface area contributed by atoms with Crippen LogP contribution in [0.3, 0.4) is 0 Å². The first-order chi connectivity index (χ1) is 9.10. The van der Waals surface area contributed by atoms with Crippen molar-refractivity contribution in [3.05, 3.63) is 63.1 Å². The topological polar surface area (TPSA) is 9.23 Å². The summed E-state index contributed by atoms with van der Waals surface area (Å²) in [5, 5.41) is 0.517. The van der Waals surface area contributed by atoms with Crippen LogP contribution in [0.2, 0.25) is 5.02 Å². The molecule has 100 valence electrons. The Morgan fingerprint density at radius 1 is 1.21 bits per heavy atom. The lowest BCUT2D eigenvalue weighted by Gasteiger charge is -2.13. The van der Waals surface area contributed by atoms with E-state index in [9.17, 15) is 0 Å². The zero-order valence-corrected chi connectivity index (χ0v) is 13.5. The molecule has 0 bridgehead atoms. The second kappa shape index (κ2) is 6.65. The van der Waals surface area contributed by atoms with E-state index in [-0.39, 0.29) is 5.38 Å². The normalized spacial score (nSPS) is 12.2. The Bertz CT molecular complexity index is 572. The molecule has 2 aromatic rings. The van der Waals surface area contributed by atoms with Gasteiger partial charge in [0.05, 0.1) is 12.5 Å². The van der Waals surface area contributed by atoms with Gasteiger partial charge in [-0.15, -0.1) is 11.6 Å². The number of halogens is 3. The molecule has 0 aliphatic carbocycles. The summed E-state index contributed by atoms with van der Waals surface area (Å²) in [5.74, 6) is 0.835. The first-order valence-corrected chi connectivity index (χ1v) is 7.43. The van der Waals surface area contributed by atoms with Gasteiger partial charge in [-0.25, -0.2) is 0 Å². The first kappa shape index (κ1) is 14.7. The summed E-state index contributed by atoms with van der Waals surface area (Å²) in [7, 11) is 1.66. The molecule has 0 aliphatic rings. The fraction of sp³-hybridized carbons (Fsp3) is 0.200. The molecule has 0 fully saturated rings. The van der Waals surface area contributed by atoms with E-state index in [0.717, 1.165) is 21.3 Å². The Morgan fingerprint density at radius 3 is 2.74 bits per heavy atom. The van der Waals surface area contributed by atoms with Crippen LogP contribution in [0.15, 0.2) is 46.9 Å². The van der Waals surface area contributed by atoms with Crippen molar-refractivity contribution in [2.45, 2.75) is 11.8 Å². The van der Waals surface area contributed by atoms with Crippen LogP contribution in [0.4, 0.5) is 0 Å². The molecule has 2 rings (SSSR count). The molecule has 0 spiro atoms. The van der Waals surface area contributed by atoms with Gasteiger partial charge in [0.25, 0.3) is 0 Å². The minimum absolute atomic E-state index is 0.169. The van der Waals surface area contributed by atoms with Gasteiger partial charge in [0.2, 0.25) is 0 Å². The maximum absolute atomic E-state index is 6.47. The molecule has 1 atom stereocenters. The monoisotopic (exact) mass is 358 g/mol. The third-order valence-electron chi connectivity index (χ3n) is 2.84. The highest BCUT2D eigenvalue weighted by atomic mass is 79.9. The zero-order valence-electron chi connectivity index (χ0n) is 10.4. The number of hydrogen-bond acceptors (Lipinski definition) is 1. The Hall–Kier alpha value is -0.700. The summed E-state index contributed by atoms with van der Waals surface area (Å²) in [6.07, 6.45) is 0.703. The van der Waals surface area contributed by atoms with Crippen LogP contribution in [-0.4, -0.2) is 7.11 Å². The van der Waals surface area contributed by atoms with Gasteiger partial charge in [-0.1, -0.05) is 39.7 Å². The molecule has 2 aromatic carbocycles. The zero-order chi connectivity index (χ0) is 13.8. The number of alkyl halides is 1. The van der Waals surface area contributed by atoms with Gasteiger partial charge < -0.3 is 4.74 Å². The Morgan fingerprint density at radius 2 is 2.00 bits per heavy atom. The fourth-order valence-corrected chi connectivity index (χ4v) is 2.91. The van der Waals surface area contributed by atoms with Crippen molar-refractivity contribution in [2.24, 2.45) is 0 Å². The third kappa shape index (κ3) is 3.88. The molecule has 0 saturated heterocycles. The van der Waals surface area contributed by atoms with Gasteiger partial charge in [-0.3, -0.25) is 0 Å². The van der Waals surface area contributed by atoms with Crippen molar-refractivity contribution in [3.8, 4) is 5.75 Å². The summed E-state index contributed by atoms with van der Waals surface area (Å²) in [4.78, 5) is 0. The maximum Gasteiger partial charge on any atom is 0.119 e. The third-order valence-corrected chi connectivity index (χ3v) is 4.07. The van der Waals surface area contributed by atoms with E-state index < -0.39 is 0 Å².